The Balaban J connectivity index is 1.48. The van der Waals surface area contributed by atoms with E-state index >= 15 is 0 Å². The van der Waals surface area contributed by atoms with Crippen LogP contribution in [0, 0.1) is 0 Å². The van der Waals surface area contributed by atoms with Crippen molar-refractivity contribution in [3.63, 3.8) is 0 Å². The molecule has 0 radical (unpaired) electrons. The maximum Gasteiger partial charge on any atom is 0.133 e. The Hall–Kier alpha value is -3.64. The molecule has 1 N–H and O–H groups in total. The summed E-state index contributed by atoms with van der Waals surface area (Å²) in [6.07, 6.45) is 4.21. The van der Waals surface area contributed by atoms with E-state index < -0.39 is 15.6 Å². The van der Waals surface area contributed by atoms with E-state index in [0.717, 1.165) is 32.5 Å². The van der Waals surface area contributed by atoms with Gasteiger partial charge in [-0.2, -0.15) is 0 Å². The SMILES string of the molecule is O=[PH](c1ccccc1)c1cc2c(c([PH](=O)c3ccccc3)c1)NC(c1cccc3ccccc13)C=C2. The van der Waals surface area contributed by atoms with Gasteiger partial charge in [-0.15, -0.1) is 0 Å². The number of anilines is 1. The molecule has 0 amide bonds. The summed E-state index contributed by atoms with van der Waals surface area (Å²) >= 11 is 0. The third-order valence-corrected chi connectivity index (χ3v) is 10.1. The van der Waals surface area contributed by atoms with Crippen molar-refractivity contribution < 1.29 is 9.13 Å². The molecular formula is C31H25NO2P2. The summed E-state index contributed by atoms with van der Waals surface area (Å²) in [5.74, 6) is 0. The Labute approximate surface area is 212 Å². The third kappa shape index (κ3) is 4.26. The molecule has 1 heterocycles. The predicted molar refractivity (Wildman–Crippen MR) is 155 cm³/mol. The number of hydrogen-bond acceptors (Lipinski definition) is 3. The van der Waals surface area contributed by atoms with E-state index in [1.807, 2.05) is 78.9 Å². The summed E-state index contributed by atoms with van der Waals surface area (Å²) in [5.41, 5.74) is 2.94. The minimum atomic E-state index is -2.34. The zero-order chi connectivity index (χ0) is 24.5. The molecule has 6 rings (SSSR count). The zero-order valence-corrected chi connectivity index (χ0v) is 21.5. The standard InChI is InChI=1S/C31H25NO2P2/c33-35(24-12-3-1-4-13-24)26-20-23-18-19-29(28-17-9-11-22-10-7-8-16-27(22)28)32-31(23)30(21-26)36(34)25-14-5-2-6-15-25/h1-21,29,32,35-36H. The van der Waals surface area contributed by atoms with Crippen molar-refractivity contribution in [1.82, 2.24) is 0 Å². The van der Waals surface area contributed by atoms with Gasteiger partial charge in [0.25, 0.3) is 0 Å². The van der Waals surface area contributed by atoms with Gasteiger partial charge >= 0.3 is 0 Å². The van der Waals surface area contributed by atoms with Crippen molar-refractivity contribution in [1.29, 1.82) is 0 Å². The molecule has 0 bridgehead atoms. The average Bonchev–Trinajstić information content (AvgIpc) is 2.96. The molecule has 5 heteroatoms. The highest BCUT2D eigenvalue weighted by Gasteiger charge is 2.24. The topological polar surface area (TPSA) is 46.2 Å². The first-order chi connectivity index (χ1) is 17.7. The lowest BCUT2D eigenvalue weighted by Gasteiger charge is -2.27. The Morgan fingerprint density at radius 3 is 2.00 bits per heavy atom. The van der Waals surface area contributed by atoms with Crippen LogP contribution in [0.4, 0.5) is 5.69 Å². The number of nitrogens with one attached hydrogen (secondary N) is 1. The van der Waals surface area contributed by atoms with Crippen molar-refractivity contribution in [3.8, 4) is 0 Å². The van der Waals surface area contributed by atoms with E-state index in [9.17, 15) is 9.13 Å². The fraction of sp³-hybridized carbons (Fsp3) is 0.0323. The van der Waals surface area contributed by atoms with Crippen LogP contribution in [-0.2, 0) is 9.13 Å². The van der Waals surface area contributed by atoms with Crippen LogP contribution in [0.1, 0.15) is 17.2 Å². The molecule has 3 unspecified atom stereocenters. The second-order valence-corrected chi connectivity index (χ2v) is 12.5. The van der Waals surface area contributed by atoms with Gasteiger partial charge in [0.1, 0.15) is 15.6 Å². The van der Waals surface area contributed by atoms with Gasteiger partial charge in [0, 0.05) is 21.2 Å². The van der Waals surface area contributed by atoms with Gasteiger partial charge in [-0.05, 0) is 34.0 Å². The molecule has 1 aliphatic heterocycles. The highest BCUT2D eigenvalue weighted by Crippen LogP contribution is 2.37. The van der Waals surface area contributed by atoms with Crippen molar-refractivity contribution >= 4 is 59.4 Å². The second-order valence-electron chi connectivity index (χ2n) is 8.93. The van der Waals surface area contributed by atoms with E-state index in [1.165, 1.54) is 16.3 Å². The van der Waals surface area contributed by atoms with Gasteiger partial charge < -0.3 is 14.4 Å². The highest BCUT2D eigenvalue weighted by molar-refractivity contribution is 7.63. The summed E-state index contributed by atoms with van der Waals surface area (Å²) in [4.78, 5) is 0. The highest BCUT2D eigenvalue weighted by atomic mass is 31.1. The molecule has 3 nitrogen and oxygen atoms in total. The average molecular weight is 505 g/mol. The third-order valence-electron chi connectivity index (χ3n) is 6.67. The van der Waals surface area contributed by atoms with Crippen molar-refractivity contribution in [2.75, 3.05) is 5.32 Å². The molecule has 3 atom stereocenters. The quantitative estimate of drug-likeness (QED) is 0.296. The number of rotatable bonds is 5. The van der Waals surface area contributed by atoms with Crippen LogP contribution < -0.4 is 26.5 Å². The van der Waals surface area contributed by atoms with E-state index in [2.05, 4.69) is 53.9 Å². The smallest absolute Gasteiger partial charge is 0.133 e. The summed E-state index contributed by atoms with van der Waals surface area (Å²) in [6.45, 7) is 0. The molecule has 0 aliphatic carbocycles. The van der Waals surface area contributed by atoms with Gasteiger partial charge in [0.2, 0.25) is 0 Å². The lowest BCUT2D eigenvalue weighted by Crippen LogP contribution is -2.23. The Kier molecular flexibility index (Phi) is 6.20. The molecular weight excluding hydrogens is 480 g/mol. The molecule has 0 saturated heterocycles. The van der Waals surface area contributed by atoms with Crippen LogP contribution in [0.3, 0.4) is 0 Å². The normalized spacial score (nSPS) is 16.2. The van der Waals surface area contributed by atoms with Gasteiger partial charge in [0.15, 0.2) is 0 Å². The van der Waals surface area contributed by atoms with Crippen molar-refractivity contribution in [3.05, 3.63) is 132 Å². The summed E-state index contributed by atoms with van der Waals surface area (Å²) in [7, 11) is -4.58. The van der Waals surface area contributed by atoms with Gasteiger partial charge in [-0.1, -0.05) is 115 Å². The minimum absolute atomic E-state index is 0.0649. The molecule has 1 aliphatic rings. The van der Waals surface area contributed by atoms with Crippen LogP contribution in [0.25, 0.3) is 16.8 Å². The molecule has 5 aromatic carbocycles. The van der Waals surface area contributed by atoms with E-state index in [1.54, 1.807) is 0 Å². The maximum atomic E-state index is 13.9. The largest absolute Gasteiger partial charge is 0.374 e. The Morgan fingerprint density at radius 1 is 0.611 bits per heavy atom. The van der Waals surface area contributed by atoms with Crippen LogP contribution in [0.5, 0.6) is 0 Å². The van der Waals surface area contributed by atoms with Crippen LogP contribution in [0.2, 0.25) is 0 Å². The fourth-order valence-corrected chi connectivity index (χ4v) is 7.95. The molecule has 0 fully saturated rings. The second kappa shape index (κ2) is 9.78. The molecule has 0 saturated carbocycles. The van der Waals surface area contributed by atoms with E-state index in [-0.39, 0.29) is 6.04 Å². The summed E-state index contributed by atoms with van der Waals surface area (Å²) in [5, 5.41) is 9.10. The Morgan fingerprint density at radius 2 is 1.25 bits per heavy atom. The van der Waals surface area contributed by atoms with E-state index in [0.29, 0.717) is 0 Å². The van der Waals surface area contributed by atoms with Crippen LogP contribution >= 0.6 is 15.6 Å². The molecule has 36 heavy (non-hydrogen) atoms. The number of fused-ring (bicyclic) bond motifs is 2. The van der Waals surface area contributed by atoms with Crippen LogP contribution in [-0.4, -0.2) is 0 Å². The van der Waals surface area contributed by atoms with Gasteiger partial charge in [-0.25, -0.2) is 0 Å². The lowest BCUT2D eigenvalue weighted by atomic mass is 9.95. The summed E-state index contributed by atoms with van der Waals surface area (Å²) in [6, 6.07) is 37.6. The monoisotopic (exact) mass is 505 g/mol. The maximum absolute atomic E-state index is 13.9. The Bertz CT molecular complexity index is 1640. The first-order valence-electron chi connectivity index (χ1n) is 12.0. The molecule has 0 spiro atoms. The van der Waals surface area contributed by atoms with E-state index in [4.69, 9.17) is 0 Å². The van der Waals surface area contributed by atoms with Crippen molar-refractivity contribution in [2.24, 2.45) is 0 Å². The molecule has 176 valence electrons. The first kappa shape index (κ1) is 22.8. The predicted octanol–water partition coefficient (Wildman–Crippen LogP) is 6.04. The molecule has 0 aromatic heterocycles. The van der Waals surface area contributed by atoms with Gasteiger partial charge in [-0.3, -0.25) is 0 Å². The van der Waals surface area contributed by atoms with Crippen LogP contribution in [0.15, 0.2) is 121 Å². The summed E-state index contributed by atoms with van der Waals surface area (Å²) < 4.78 is 27.4. The zero-order valence-electron chi connectivity index (χ0n) is 19.5. The number of hydrogen-bond donors (Lipinski definition) is 1. The van der Waals surface area contributed by atoms with Crippen molar-refractivity contribution in [2.45, 2.75) is 6.04 Å². The fourth-order valence-electron chi connectivity index (χ4n) is 4.88. The first-order valence-corrected chi connectivity index (χ1v) is 14.8. The van der Waals surface area contributed by atoms with Gasteiger partial charge in [0.05, 0.1) is 11.7 Å². The lowest BCUT2D eigenvalue weighted by molar-refractivity contribution is 0.598. The number of benzene rings is 5. The molecule has 5 aromatic rings. The minimum Gasteiger partial charge on any atom is -0.374 e.